The number of rotatable bonds is 11. The zero-order valence-electron chi connectivity index (χ0n) is 34.5. The molecule has 0 saturated carbocycles. The van der Waals surface area contributed by atoms with Crippen molar-refractivity contribution in [1.82, 2.24) is 14.8 Å². The molecule has 1 heterocycles. The number of hydrogen-bond donors (Lipinski definition) is 0. The Morgan fingerprint density at radius 3 is 1.33 bits per heavy atom. The summed E-state index contributed by atoms with van der Waals surface area (Å²) in [6.45, 7) is 5.28. The monoisotopic (exact) mass is 947 g/mol. The molecule has 0 fully saturated rings. The van der Waals surface area contributed by atoms with Gasteiger partial charge in [-0.05, 0) is 96.5 Å². The van der Waals surface area contributed by atoms with E-state index in [4.69, 9.17) is 5.26 Å². The third-order valence-corrected chi connectivity index (χ3v) is 10.4. The van der Waals surface area contributed by atoms with Crippen LogP contribution in [0.2, 0.25) is 0 Å². The fourth-order valence-electron chi connectivity index (χ4n) is 6.93. The van der Waals surface area contributed by atoms with Crippen molar-refractivity contribution < 1.29 is 75.4 Å². The van der Waals surface area contributed by atoms with Crippen LogP contribution in [-0.2, 0) is 37.0 Å². The lowest BCUT2D eigenvalue weighted by Gasteiger charge is -2.31. The zero-order valence-corrected chi connectivity index (χ0v) is 34.5. The van der Waals surface area contributed by atoms with Gasteiger partial charge in [0.2, 0.25) is 0 Å². The lowest BCUT2D eigenvalue weighted by molar-refractivity contribution is -0.349. The summed E-state index contributed by atoms with van der Waals surface area (Å²) in [5, 5.41) is 22.2. The van der Waals surface area contributed by atoms with Gasteiger partial charge < -0.3 is 0 Å². The van der Waals surface area contributed by atoms with Crippen molar-refractivity contribution in [1.29, 1.82) is 10.5 Å². The molecule has 350 valence electrons. The Labute approximate surface area is 365 Å². The minimum Gasteiger partial charge on any atom is -0.294 e. The summed E-state index contributed by atoms with van der Waals surface area (Å²) in [4.78, 5) is 29.2. The quantitative estimate of drug-likeness (QED) is 0.0963. The number of aryl methyl sites for hydroxylation is 4. The standard InChI is InChI=1S/C23H17F7N4O.C21H15F8NO/c1-3-14-8-17(21(24,22(25,26)27)23(28,29)30)6-13(2)18(14)9-20(35)15-4-5-19(16(7-15)10-31)34-12-32-11-33-34;1-3-12-8-15(19(23,20(24,25)26)21(27,28)29)6-11(2)16(12)9-18(31)13-4-5-17(22)14(7-13)10-30/h4-8,11-12H,3,9H2,1-2H3;4-8H,3,9H2,1-2H3. The molecule has 22 heteroatoms. The van der Waals surface area contributed by atoms with Crippen LogP contribution in [-0.4, -0.2) is 51.0 Å². The molecular formula is C44H32F15N5O2. The molecule has 4 aromatic carbocycles. The van der Waals surface area contributed by atoms with Crippen molar-refractivity contribution in [2.45, 2.75) is 89.4 Å². The van der Waals surface area contributed by atoms with E-state index in [9.17, 15) is 80.7 Å². The molecule has 0 unspecified atom stereocenters. The first-order chi connectivity index (χ1) is 30.4. The predicted octanol–water partition coefficient (Wildman–Crippen LogP) is 12.0. The summed E-state index contributed by atoms with van der Waals surface area (Å²) in [5.41, 5.74) is -14.3. The normalized spacial score (nSPS) is 12.5. The van der Waals surface area contributed by atoms with E-state index >= 15 is 0 Å². The average Bonchev–Trinajstić information content (AvgIpc) is 3.77. The maximum Gasteiger partial charge on any atom is 0.435 e. The molecule has 7 nitrogen and oxygen atoms in total. The number of aromatic nitrogens is 3. The number of nitrogens with zero attached hydrogens (tertiary/aromatic N) is 5. The number of alkyl halides is 14. The molecule has 0 saturated heterocycles. The molecule has 0 spiro atoms. The molecule has 66 heavy (non-hydrogen) atoms. The molecule has 0 aliphatic rings. The largest absolute Gasteiger partial charge is 0.435 e. The molecule has 0 N–H and O–H groups in total. The Balaban J connectivity index is 0.000000291. The molecule has 0 aliphatic carbocycles. The van der Waals surface area contributed by atoms with Crippen LogP contribution in [0.1, 0.15) is 90.2 Å². The number of nitriles is 2. The van der Waals surface area contributed by atoms with Crippen LogP contribution >= 0.6 is 0 Å². The summed E-state index contributed by atoms with van der Waals surface area (Å²) in [7, 11) is 0. The van der Waals surface area contributed by atoms with Crippen molar-refractivity contribution >= 4 is 11.6 Å². The first-order valence-electron chi connectivity index (χ1n) is 19.0. The second-order valence-electron chi connectivity index (χ2n) is 14.6. The van der Waals surface area contributed by atoms with Crippen LogP contribution < -0.4 is 0 Å². The van der Waals surface area contributed by atoms with Crippen molar-refractivity contribution in [2.24, 2.45) is 0 Å². The van der Waals surface area contributed by atoms with E-state index in [0.29, 0.717) is 30.0 Å². The minimum atomic E-state index is -6.25. The van der Waals surface area contributed by atoms with Gasteiger partial charge in [0.05, 0.1) is 16.8 Å². The summed E-state index contributed by atoms with van der Waals surface area (Å²) >= 11 is 0. The summed E-state index contributed by atoms with van der Waals surface area (Å²) in [6.07, 6.45) is -23.3. The molecule has 0 atom stereocenters. The van der Waals surface area contributed by atoms with Crippen LogP contribution in [0.25, 0.3) is 5.69 Å². The highest BCUT2D eigenvalue weighted by Crippen LogP contribution is 2.55. The van der Waals surface area contributed by atoms with Crippen molar-refractivity contribution in [3.63, 3.8) is 0 Å². The molecule has 5 rings (SSSR count). The van der Waals surface area contributed by atoms with Crippen LogP contribution in [0, 0.1) is 42.3 Å². The van der Waals surface area contributed by atoms with Gasteiger partial charge in [0.15, 0.2) is 11.6 Å². The lowest BCUT2D eigenvalue weighted by atomic mass is 9.86. The first-order valence-corrected chi connectivity index (χ1v) is 19.0. The zero-order chi connectivity index (χ0) is 50.0. The average molecular weight is 948 g/mol. The highest BCUT2D eigenvalue weighted by Gasteiger charge is 2.74. The fourth-order valence-corrected chi connectivity index (χ4v) is 6.93. The van der Waals surface area contributed by atoms with Gasteiger partial charge in [-0.3, -0.25) is 9.59 Å². The van der Waals surface area contributed by atoms with E-state index in [-0.39, 0.29) is 69.3 Å². The highest BCUT2D eigenvalue weighted by molar-refractivity contribution is 5.99. The fraction of sp³-hybridized carbons (Fsp3) is 0.318. The lowest BCUT2D eigenvalue weighted by Crippen LogP contribution is -2.50. The third-order valence-electron chi connectivity index (χ3n) is 10.4. The summed E-state index contributed by atoms with van der Waals surface area (Å²) < 4.78 is 201. The van der Waals surface area contributed by atoms with Gasteiger partial charge in [-0.2, -0.15) is 68.3 Å². The van der Waals surface area contributed by atoms with Crippen molar-refractivity contribution in [3.05, 3.63) is 146 Å². The van der Waals surface area contributed by atoms with Crippen LogP contribution in [0.4, 0.5) is 65.9 Å². The maximum absolute atomic E-state index is 14.6. The summed E-state index contributed by atoms with van der Waals surface area (Å²) in [6, 6.07) is 12.5. The number of hydrogen-bond acceptors (Lipinski definition) is 6. The van der Waals surface area contributed by atoms with Gasteiger partial charge >= 0.3 is 36.0 Å². The number of carbonyl (C=O) groups is 2. The van der Waals surface area contributed by atoms with E-state index in [1.54, 1.807) is 6.07 Å². The Morgan fingerprint density at radius 2 is 0.985 bits per heavy atom. The van der Waals surface area contributed by atoms with E-state index in [2.05, 4.69) is 10.1 Å². The molecule has 1 aromatic heterocycles. The Morgan fingerprint density at radius 1 is 0.591 bits per heavy atom. The second kappa shape index (κ2) is 19.0. The Kier molecular flexibility index (Phi) is 15.0. The predicted molar refractivity (Wildman–Crippen MR) is 204 cm³/mol. The van der Waals surface area contributed by atoms with Crippen molar-refractivity contribution in [2.75, 3.05) is 0 Å². The summed E-state index contributed by atoms with van der Waals surface area (Å²) in [5.74, 6) is -2.03. The number of halogens is 15. The van der Waals surface area contributed by atoms with Crippen LogP contribution in [0.3, 0.4) is 0 Å². The number of carbonyl (C=O) groups excluding carboxylic acids is 2. The van der Waals surface area contributed by atoms with Gasteiger partial charge in [-0.25, -0.2) is 22.8 Å². The maximum atomic E-state index is 14.6. The van der Waals surface area contributed by atoms with Gasteiger partial charge in [0.25, 0.3) is 0 Å². The highest BCUT2D eigenvalue weighted by atomic mass is 19.4. The molecule has 5 aromatic rings. The number of benzene rings is 4. The topological polar surface area (TPSA) is 112 Å². The van der Waals surface area contributed by atoms with Crippen LogP contribution in [0.15, 0.2) is 73.3 Å². The molecule has 0 aliphatic heterocycles. The Bertz CT molecular complexity index is 2680. The smallest absolute Gasteiger partial charge is 0.294 e. The Hall–Kier alpha value is -6.71. The minimum absolute atomic E-state index is 0.0244. The van der Waals surface area contributed by atoms with Gasteiger partial charge in [0.1, 0.15) is 30.6 Å². The van der Waals surface area contributed by atoms with E-state index < -0.39 is 76.5 Å². The molecule has 0 amide bonds. The van der Waals surface area contributed by atoms with Crippen molar-refractivity contribution in [3.8, 4) is 17.8 Å². The second-order valence-corrected chi connectivity index (χ2v) is 14.6. The third kappa shape index (κ3) is 10.1. The van der Waals surface area contributed by atoms with Crippen LogP contribution in [0.5, 0.6) is 0 Å². The first kappa shape index (κ1) is 51.9. The van der Waals surface area contributed by atoms with Gasteiger partial charge in [-0.1, -0.05) is 38.1 Å². The SMILES string of the molecule is CCc1cc(C(F)(C(F)(F)F)C(F)(F)F)cc(C)c1CC(=O)c1ccc(-n2cncn2)c(C#N)c1.CCc1cc(C(F)(C(F)(F)F)C(F)(F)F)cc(C)c1CC(=O)c1ccc(F)c(C#N)c1. The number of Topliss-reactive ketones (excluding diaryl/α,β-unsaturated/α-hetero) is 2. The molecule has 0 radical (unpaired) electrons. The number of ketones is 2. The molecule has 0 bridgehead atoms. The van der Waals surface area contributed by atoms with E-state index in [1.165, 1.54) is 63.2 Å². The molecular weight excluding hydrogens is 915 g/mol. The van der Waals surface area contributed by atoms with Gasteiger partial charge in [-0.15, -0.1) is 0 Å². The van der Waals surface area contributed by atoms with E-state index in [1.807, 2.05) is 6.07 Å². The van der Waals surface area contributed by atoms with E-state index in [0.717, 1.165) is 18.2 Å². The van der Waals surface area contributed by atoms with Gasteiger partial charge in [0, 0.05) is 35.1 Å².